The normalized spacial score (nSPS) is 23.6. The number of nitrogens with one attached hydrogen (secondary N) is 2. The van der Waals surface area contributed by atoms with E-state index in [0.29, 0.717) is 27.9 Å². The number of alkyl halides is 2. The molecule has 4 fully saturated rings. The molecule has 0 spiro atoms. The lowest BCUT2D eigenvalue weighted by Gasteiger charge is -2.27. The van der Waals surface area contributed by atoms with Crippen LogP contribution in [0.25, 0.3) is 0 Å². The van der Waals surface area contributed by atoms with Crippen molar-refractivity contribution in [2.24, 2.45) is 0 Å². The first-order valence-corrected chi connectivity index (χ1v) is 25.3. The Labute approximate surface area is 397 Å². The summed E-state index contributed by atoms with van der Waals surface area (Å²) in [5.41, 5.74) is 3.07. The van der Waals surface area contributed by atoms with Gasteiger partial charge in [0.05, 0.1) is 38.8 Å². The second-order valence-corrected chi connectivity index (χ2v) is 21.9. The van der Waals surface area contributed by atoms with Crippen molar-refractivity contribution in [3.63, 3.8) is 0 Å². The van der Waals surface area contributed by atoms with Gasteiger partial charge in [0.1, 0.15) is 52.4 Å². The van der Waals surface area contributed by atoms with E-state index in [1.54, 1.807) is 6.07 Å². The largest absolute Gasteiger partial charge is 0.351 e. The Morgan fingerprint density at radius 1 is 0.723 bits per heavy atom. The summed E-state index contributed by atoms with van der Waals surface area (Å²) in [4.78, 5) is 34.2. The molecule has 2 N–H and O–H groups in total. The Hall–Kier alpha value is -3.98. The highest BCUT2D eigenvalue weighted by Gasteiger charge is 2.50. The second kappa shape index (κ2) is 19.7. The first-order valence-electron chi connectivity index (χ1n) is 20.6. The third-order valence-electron chi connectivity index (χ3n) is 11.8. The van der Waals surface area contributed by atoms with Gasteiger partial charge < -0.3 is 10.6 Å². The molecule has 2 aromatic heterocycles. The van der Waals surface area contributed by atoms with Crippen molar-refractivity contribution in [1.82, 2.24) is 29.2 Å². The molecular formula is C43H42Cl2F4IN7O6S2. The summed E-state index contributed by atoms with van der Waals surface area (Å²) in [7, 11) is -8.47. The molecule has 2 saturated carbocycles. The van der Waals surface area contributed by atoms with Crippen LogP contribution in [0.3, 0.4) is 0 Å². The van der Waals surface area contributed by atoms with Crippen LogP contribution in [0.4, 0.5) is 17.6 Å². The summed E-state index contributed by atoms with van der Waals surface area (Å²) in [6.07, 6.45) is 0.272. The van der Waals surface area contributed by atoms with Crippen molar-refractivity contribution < 1.29 is 44.0 Å². The Morgan fingerprint density at radius 2 is 1.11 bits per heavy atom. The third-order valence-corrected chi connectivity index (χ3v) is 17.5. The fraction of sp³-hybridized carbons (Fsp3) is 0.419. The Kier molecular flexibility index (Phi) is 14.8. The van der Waals surface area contributed by atoms with Crippen LogP contribution < -0.4 is 10.6 Å². The monoisotopic (exact) mass is 1090 g/mol. The number of aromatic nitrogens is 2. The smallest absolute Gasteiger partial charge is 0.244 e. The van der Waals surface area contributed by atoms with Gasteiger partial charge in [0.25, 0.3) is 0 Å². The summed E-state index contributed by atoms with van der Waals surface area (Å²) in [6.45, 7) is 2.84. The van der Waals surface area contributed by atoms with Crippen molar-refractivity contribution >= 4 is 77.7 Å². The maximum atomic E-state index is 14.6. The fourth-order valence-electron chi connectivity index (χ4n) is 8.02. The van der Waals surface area contributed by atoms with Gasteiger partial charge in [-0.1, -0.05) is 23.2 Å². The molecule has 2 aromatic carbocycles. The predicted octanol–water partition coefficient (Wildman–Crippen LogP) is 7.59. The van der Waals surface area contributed by atoms with Crippen LogP contribution in [-0.2, 0) is 42.7 Å². The number of pyridine rings is 2. The minimum Gasteiger partial charge on any atom is -0.351 e. The van der Waals surface area contributed by atoms with Crippen molar-refractivity contribution in [3.05, 3.63) is 114 Å². The molecule has 6 atom stereocenters. The molecular weight excluding hydrogens is 1050 g/mol. The van der Waals surface area contributed by atoms with E-state index in [1.165, 1.54) is 19.9 Å². The van der Waals surface area contributed by atoms with Crippen LogP contribution in [0.1, 0.15) is 92.3 Å². The van der Waals surface area contributed by atoms with Crippen LogP contribution in [0, 0.1) is 26.5 Å². The number of amides is 2. The zero-order chi connectivity index (χ0) is 47.1. The third kappa shape index (κ3) is 10.6. The molecule has 2 aliphatic heterocycles. The van der Waals surface area contributed by atoms with E-state index in [4.69, 9.17) is 23.2 Å². The zero-order valence-electron chi connectivity index (χ0n) is 34.7. The van der Waals surface area contributed by atoms with E-state index in [2.05, 4.69) is 49.3 Å². The first-order chi connectivity index (χ1) is 30.7. The number of benzene rings is 2. The predicted molar refractivity (Wildman–Crippen MR) is 240 cm³/mol. The van der Waals surface area contributed by atoms with E-state index in [9.17, 15) is 49.2 Å². The van der Waals surface area contributed by atoms with E-state index in [-0.39, 0.29) is 46.8 Å². The zero-order valence-corrected chi connectivity index (χ0v) is 40.0. The molecule has 2 amide bonds. The number of nitriles is 1. The van der Waals surface area contributed by atoms with Crippen molar-refractivity contribution in [2.75, 3.05) is 0 Å². The molecule has 22 heteroatoms. The lowest BCUT2D eigenvalue weighted by molar-refractivity contribution is -0.125. The maximum Gasteiger partial charge on any atom is 0.244 e. The summed E-state index contributed by atoms with van der Waals surface area (Å²) in [6, 6.07) is 9.02. The van der Waals surface area contributed by atoms with Gasteiger partial charge >= 0.3 is 0 Å². The molecule has 0 radical (unpaired) electrons. The fourth-order valence-corrected chi connectivity index (χ4v) is 13.0. The summed E-state index contributed by atoms with van der Waals surface area (Å²) >= 11 is 14.4. The molecule has 0 bridgehead atoms. The van der Waals surface area contributed by atoms with Gasteiger partial charge in [0, 0.05) is 41.3 Å². The van der Waals surface area contributed by atoms with Gasteiger partial charge in [-0.3, -0.25) is 9.59 Å². The standard InChI is InChI=1S/C22H21ClF2N4O3S.C21H21ClF2IN3O3S/c1-12-18(25)9-19(29(12)33(31,32)16-6-4-15(24)5-7-16)22(30)27-11-14-8-20(23)28-21(13-2-3-13)17(14)10-26;1-11-16(24)9-17(28(11)32(30,31)15-6-4-14(23)5-7-15)21(29)26-10-13-8-18(22)27-20(19(13)25)12-2-3-12/h4-8,12-13,18-19H,2-3,9,11H2,1H3,(H,27,30);4-8,11-12,16-17H,2-3,9-10H2,1H3,(H,26,29)/t12-,18+,19-;11-,16+,17-/m00/s1. The average Bonchev–Trinajstić information content (AvgIpc) is 4.21. The average molecular weight is 1090 g/mol. The topological polar surface area (TPSA) is 183 Å². The summed E-state index contributed by atoms with van der Waals surface area (Å²) < 4.78 is 111. The second-order valence-electron chi connectivity index (χ2n) is 16.4. The number of hydrogen-bond acceptors (Lipinski definition) is 9. The minimum absolute atomic E-state index is 0.0873. The number of carbonyl (C=O) groups excluding carboxylic acids is 2. The highest BCUT2D eigenvalue weighted by atomic mass is 127. The van der Waals surface area contributed by atoms with Crippen LogP contribution in [0.2, 0.25) is 10.3 Å². The molecule has 65 heavy (non-hydrogen) atoms. The van der Waals surface area contributed by atoms with E-state index < -0.39 is 80.0 Å². The van der Waals surface area contributed by atoms with Crippen LogP contribution in [0.5, 0.6) is 0 Å². The number of halogens is 7. The Morgan fingerprint density at radius 3 is 1.52 bits per heavy atom. The van der Waals surface area contributed by atoms with Crippen molar-refractivity contribution in [2.45, 2.75) is 124 Å². The molecule has 2 aliphatic carbocycles. The number of rotatable bonds is 12. The van der Waals surface area contributed by atoms with E-state index in [1.807, 2.05) is 0 Å². The summed E-state index contributed by atoms with van der Waals surface area (Å²) in [5, 5.41) is 15.5. The number of sulfonamides is 2. The molecule has 8 rings (SSSR count). The molecule has 13 nitrogen and oxygen atoms in total. The number of carbonyl (C=O) groups is 2. The maximum absolute atomic E-state index is 14.6. The molecule has 346 valence electrons. The van der Waals surface area contributed by atoms with E-state index >= 15 is 0 Å². The Balaban J connectivity index is 0.000000194. The van der Waals surface area contributed by atoms with Gasteiger partial charge in [0.15, 0.2) is 0 Å². The van der Waals surface area contributed by atoms with Gasteiger partial charge in [0.2, 0.25) is 31.9 Å². The highest BCUT2D eigenvalue weighted by Crippen LogP contribution is 2.43. The summed E-state index contributed by atoms with van der Waals surface area (Å²) in [5.74, 6) is -1.97. The SMILES string of the molecule is C[C@H]1[C@H](F)C[C@@H](C(=O)NCc2cc(Cl)nc(C3CC3)c2C#N)N1S(=O)(=O)c1ccc(F)cc1.C[C@H]1[C@H](F)C[C@@H](C(=O)NCc2cc(Cl)nc(C3CC3)c2I)N1S(=O)(=O)c1ccc(F)cc1. The van der Waals surface area contributed by atoms with Crippen LogP contribution in [0.15, 0.2) is 70.5 Å². The highest BCUT2D eigenvalue weighted by molar-refractivity contribution is 14.1. The quantitative estimate of drug-likeness (QED) is 0.0821. The van der Waals surface area contributed by atoms with Gasteiger partial charge in [-0.2, -0.15) is 13.9 Å². The lowest BCUT2D eigenvalue weighted by Crippen LogP contribution is -2.48. The molecule has 4 heterocycles. The van der Waals surface area contributed by atoms with E-state index in [0.717, 1.165) is 97.7 Å². The van der Waals surface area contributed by atoms with Gasteiger partial charge in [-0.25, -0.2) is 44.4 Å². The van der Waals surface area contributed by atoms with Gasteiger partial charge in [-0.15, -0.1) is 0 Å². The van der Waals surface area contributed by atoms with Crippen LogP contribution >= 0.6 is 45.8 Å². The van der Waals surface area contributed by atoms with Crippen molar-refractivity contribution in [3.8, 4) is 6.07 Å². The molecule has 4 aromatic rings. The van der Waals surface area contributed by atoms with Gasteiger partial charge in [-0.05, 0) is 134 Å². The molecule has 4 aliphatic rings. The lowest BCUT2D eigenvalue weighted by atomic mass is 10.0. The Bertz CT molecular complexity index is 2750. The van der Waals surface area contributed by atoms with Crippen LogP contribution in [-0.4, -0.2) is 83.7 Å². The number of hydrogen-bond donors (Lipinski definition) is 2. The first kappa shape index (κ1) is 48.9. The molecule has 2 saturated heterocycles. The number of nitrogens with zero attached hydrogens (tertiary/aromatic N) is 5. The minimum atomic E-state index is -4.26. The van der Waals surface area contributed by atoms with Crippen molar-refractivity contribution in [1.29, 1.82) is 5.26 Å². The molecule has 0 unspecified atom stereocenters.